The molecule has 0 unspecified atom stereocenters. The van der Waals surface area contributed by atoms with Gasteiger partial charge >= 0.3 is 0 Å². The predicted molar refractivity (Wildman–Crippen MR) is 118 cm³/mol. The number of aryl methyl sites for hydroxylation is 2. The van der Waals surface area contributed by atoms with E-state index in [2.05, 4.69) is 9.88 Å². The number of aromatic nitrogens is 1. The van der Waals surface area contributed by atoms with Gasteiger partial charge in [-0.2, -0.15) is 0 Å². The highest BCUT2D eigenvalue weighted by molar-refractivity contribution is 7.89. The van der Waals surface area contributed by atoms with Gasteiger partial charge in [-0.25, -0.2) is 13.1 Å². The van der Waals surface area contributed by atoms with Crippen molar-refractivity contribution in [3.8, 4) is 22.8 Å². The Bertz CT molecular complexity index is 1280. The van der Waals surface area contributed by atoms with Crippen molar-refractivity contribution in [2.75, 3.05) is 0 Å². The van der Waals surface area contributed by atoms with Gasteiger partial charge in [0.05, 0.1) is 4.90 Å². The van der Waals surface area contributed by atoms with Gasteiger partial charge in [-0.15, -0.1) is 0 Å². The van der Waals surface area contributed by atoms with Crippen molar-refractivity contribution < 1.29 is 17.7 Å². The van der Waals surface area contributed by atoms with Crippen molar-refractivity contribution in [1.29, 1.82) is 0 Å². The van der Waals surface area contributed by atoms with E-state index in [0.29, 0.717) is 28.5 Å². The van der Waals surface area contributed by atoms with E-state index in [4.69, 9.17) is 9.26 Å². The molecule has 0 saturated carbocycles. The molecule has 0 aliphatic rings. The minimum atomic E-state index is -3.77. The van der Waals surface area contributed by atoms with E-state index in [9.17, 15) is 8.42 Å². The maximum Gasteiger partial charge on any atom is 0.241 e. The summed E-state index contributed by atoms with van der Waals surface area (Å²) in [4.78, 5) is 0.118. The SMILES string of the molecule is Cc1ccc(Oc2cccc(S(=O)(=O)NCc3c(-c4ccccc4)noc3C)c2)cc1. The fourth-order valence-corrected chi connectivity index (χ4v) is 4.15. The maximum absolute atomic E-state index is 12.9. The van der Waals surface area contributed by atoms with Crippen LogP contribution in [0.5, 0.6) is 11.5 Å². The van der Waals surface area contributed by atoms with E-state index in [1.54, 1.807) is 19.1 Å². The van der Waals surface area contributed by atoms with E-state index >= 15 is 0 Å². The Kier molecular flexibility index (Phi) is 5.88. The lowest BCUT2D eigenvalue weighted by Crippen LogP contribution is -2.23. The summed E-state index contributed by atoms with van der Waals surface area (Å²) >= 11 is 0. The van der Waals surface area contributed by atoms with Gasteiger partial charge in [0.15, 0.2) is 0 Å². The van der Waals surface area contributed by atoms with Gasteiger partial charge in [-0.05, 0) is 38.1 Å². The molecule has 4 aromatic rings. The summed E-state index contributed by atoms with van der Waals surface area (Å²) in [7, 11) is -3.77. The van der Waals surface area contributed by atoms with Crippen LogP contribution in [0.15, 0.2) is 88.3 Å². The van der Waals surface area contributed by atoms with Gasteiger partial charge in [0.2, 0.25) is 10.0 Å². The Balaban J connectivity index is 1.53. The van der Waals surface area contributed by atoms with Crippen molar-refractivity contribution in [2.45, 2.75) is 25.3 Å². The molecule has 0 bridgehead atoms. The molecular weight excluding hydrogens is 412 g/mol. The molecule has 1 N–H and O–H groups in total. The predicted octanol–water partition coefficient (Wildman–Crippen LogP) is 5.23. The molecule has 7 heteroatoms. The van der Waals surface area contributed by atoms with Crippen molar-refractivity contribution in [3.63, 3.8) is 0 Å². The molecule has 1 aromatic heterocycles. The summed E-state index contributed by atoms with van der Waals surface area (Å²) in [6.45, 7) is 3.81. The number of hydrogen-bond acceptors (Lipinski definition) is 5. The highest BCUT2D eigenvalue weighted by atomic mass is 32.2. The Hall–Kier alpha value is -3.42. The zero-order chi connectivity index (χ0) is 21.8. The molecule has 0 radical (unpaired) electrons. The van der Waals surface area contributed by atoms with Gasteiger partial charge in [0, 0.05) is 23.7 Å². The van der Waals surface area contributed by atoms with E-state index < -0.39 is 10.0 Å². The van der Waals surface area contributed by atoms with Crippen molar-refractivity contribution in [3.05, 3.63) is 95.7 Å². The lowest BCUT2D eigenvalue weighted by molar-refractivity contribution is 0.398. The molecule has 0 saturated heterocycles. The van der Waals surface area contributed by atoms with Crippen LogP contribution in [0.25, 0.3) is 11.3 Å². The van der Waals surface area contributed by atoms with E-state index in [0.717, 1.165) is 11.1 Å². The normalized spacial score (nSPS) is 11.4. The first-order valence-corrected chi connectivity index (χ1v) is 11.3. The standard InChI is InChI=1S/C24H22N2O4S/c1-17-11-13-20(14-12-17)29-21-9-6-10-22(15-21)31(27,28)25-16-23-18(2)30-26-24(23)19-7-4-3-5-8-19/h3-15,25H,16H2,1-2H3. The van der Waals surface area contributed by atoms with Crippen LogP contribution < -0.4 is 9.46 Å². The average Bonchev–Trinajstić information content (AvgIpc) is 3.15. The highest BCUT2D eigenvalue weighted by Gasteiger charge is 2.19. The Labute approximate surface area is 181 Å². The third-order valence-electron chi connectivity index (χ3n) is 4.84. The summed E-state index contributed by atoms with van der Waals surface area (Å²) in [6.07, 6.45) is 0. The van der Waals surface area contributed by atoms with Crippen LogP contribution in [-0.4, -0.2) is 13.6 Å². The molecule has 31 heavy (non-hydrogen) atoms. The molecular formula is C24H22N2O4S. The first-order valence-electron chi connectivity index (χ1n) is 9.77. The van der Waals surface area contributed by atoms with E-state index in [1.807, 2.05) is 61.5 Å². The Morgan fingerprint density at radius 2 is 1.65 bits per heavy atom. The fraction of sp³-hybridized carbons (Fsp3) is 0.125. The minimum absolute atomic E-state index is 0.0605. The van der Waals surface area contributed by atoms with Crippen LogP contribution in [0, 0.1) is 13.8 Å². The van der Waals surface area contributed by atoms with Crippen molar-refractivity contribution in [2.24, 2.45) is 0 Å². The number of benzene rings is 3. The van der Waals surface area contributed by atoms with Gasteiger partial charge in [-0.3, -0.25) is 0 Å². The molecule has 6 nitrogen and oxygen atoms in total. The van der Waals surface area contributed by atoms with Crippen LogP contribution in [0.4, 0.5) is 0 Å². The van der Waals surface area contributed by atoms with Crippen LogP contribution in [-0.2, 0) is 16.6 Å². The number of hydrogen-bond donors (Lipinski definition) is 1. The summed E-state index contributed by atoms with van der Waals surface area (Å²) in [5, 5.41) is 4.10. The zero-order valence-electron chi connectivity index (χ0n) is 17.2. The van der Waals surface area contributed by atoms with Crippen LogP contribution in [0.3, 0.4) is 0 Å². The molecule has 158 valence electrons. The topological polar surface area (TPSA) is 81.4 Å². The lowest BCUT2D eigenvalue weighted by Gasteiger charge is -2.10. The van der Waals surface area contributed by atoms with Gasteiger partial charge in [-0.1, -0.05) is 59.3 Å². The second kappa shape index (κ2) is 8.75. The molecule has 0 spiro atoms. The molecule has 0 aliphatic heterocycles. The number of nitrogens with zero attached hydrogens (tertiary/aromatic N) is 1. The summed E-state index contributed by atoms with van der Waals surface area (Å²) in [6, 6.07) is 23.5. The van der Waals surface area contributed by atoms with Crippen LogP contribution in [0.1, 0.15) is 16.9 Å². The van der Waals surface area contributed by atoms with Crippen molar-refractivity contribution in [1.82, 2.24) is 9.88 Å². The molecule has 0 aliphatic carbocycles. The fourth-order valence-electron chi connectivity index (χ4n) is 3.12. The molecule has 0 amide bonds. The summed E-state index contributed by atoms with van der Waals surface area (Å²) in [5.41, 5.74) is 3.30. The molecule has 4 rings (SSSR count). The van der Waals surface area contributed by atoms with Gasteiger partial charge in [0.1, 0.15) is 23.0 Å². The average molecular weight is 435 g/mol. The number of sulfonamides is 1. The van der Waals surface area contributed by atoms with E-state index in [1.165, 1.54) is 12.1 Å². The number of nitrogens with one attached hydrogen (secondary N) is 1. The number of ether oxygens (including phenoxy) is 1. The van der Waals surface area contributed by atoms with Crippen LogP contribution in [0.2, 0.25) is 0 Å². The van der Waals surface area contributed by atoms with Gasteiger partial charge in [0.25, 0.3) is 0 Å². The second-order valence-corrected chi connectivity index (χ2v) is 8.91. The lowest BCUT2D eigenvalue weighted by atomic mass is 10.1. The first kappa shape index (κ1) is 20.8. The summed E-state index contributed by atoms with van der Waals surface area (Å²) in [5.74, 6) is 1.65. The van der Waals surface area contributed by atoms with Crippen molar-refractivity contribution >= 4 is 10.0 Å². The first-order chi connectivity index (χ1) is 14.9. The zero-order valence-corrected chi connectivity index (χ0v) is 18.0. The summed E-state index contributed by atoms with van der Waals surface area (Å²) < 4.78 is 39.6. The molecule has 3 aromatic carbocycles. The third kappa shape index (κ3) is 4.84. The Morgan fingerprint density at radius 1 is 0.903 bits per heavy atom. The maximum atomic E-state index is 12.9. The molecule has 1 heterocycles. The quantitative estimate of drug-likeness (QED) is 0.431. The Morgan fingerprint density at radius 3 is 2.39 bits per heavy atom. The largest absolute Gasteiger partial charge is 0.457 e. The number of rotatable bonds is 7. The molecule has 0 atom stereocenters. The van der Waals surface area contributed by atoms with E-state index in [-0.39, 0.29) is 11.4 Å². The monoisotopic (exact) mass is 434 g/mol. The van der Waals surface area contributed by atoms with Gasteiger partial charge < -0.3 is 9.26 Å². The second-order valence-electron chi connectivity index (χ2n) is 7.15. The molecule has 0 fully saturated rings. The third-order valence-corrected chi connectivity index (χ3v) is 6.24. The van der Waals surface area contributed by atoms with Crippen LogP contribution >= 0.6 is 0 Å². The minimum Gasteiger partial charge on any atom is -0.457 e. The smallest absolute Gasteiger partial charge is 0.241 e. The highest BCUT2D eigenvalue weighted by Crippen LogP contribution is 2.27.